The number of hydrogen-bond donors (Lipinski definition) is 1. The average Bonchev–Trinajstić information content (AvgIpc) is 2.53. The van der Waals surface area contributed by atoms with Gasteiger partial charge >= 0.3 is 0 Å². The summed E-state index contributed by atoms with van der Waals surface area (Å²) < 4.78 is 6.59. The minimum Gasteiger partial charge on any atom is -0.371 e. The normalized spacial score (nSPS) is 17.1. The van der Waals surface area contributed by atoms with Crippen molar-refractivity contribution in [3.05, 3.63) is 69.7 Å². The number of ether oxygens (including phenoxy) is 1. The first kappa shape index (κ1) is 14.3. The molecule has 0 saturated carbocycles. The van der Waals surface area contributed by atoms with Crippen LogP contribution in [0.4, 0.5) is 0 Å². The predicted molar refractivity (Wildman–Crippen MR) is 85.3 cm³/mol. The maximum absolute atomic E-state index is 12.2. The van der Waals surface area contributed by atoms with Crippen molar-refractivity contribution in [1.82, 2.24) is 5.32 Å². The van der Waals surface area contributed by atoms with Crippen molar-refractivity contribution < 1.29 is 9.53 Å². The van der Waals surface area contributed by atoms with Crippen LogP contribution in [0.1, 0.15) is 27.6 Å². The summed E-state index contributed by atoms with van der Waals surface area (Å²) in [6, 6.07) is 15.7. The van der Waals surface area contributed by atoms with Crippen molar-refractivity contribution in [3.8, 4) is 0 Å². The summed E-state index contributed by atoms with van der Waals surface area (Å²) >= 11 is 3.40. The second-order valence-corrected chi connectivity index (χ2v) is 5.85. The molecule has 4 heteroatoms. The summed E-state index contributed by atoms with van der Waals surface area (Å²) in [6.45, 7) is 1.18. The molecule has 1 atom stereocenters. The molecule has 0 saturated heterocycles. The lowest BCUT2D eigenvalue weighted by molar-refractivity contribution is 0.0411. The van der Waals surface area contributed by atoms with Crippen molar-refractivity contribution in [2.45, 2.75) is 12.5 Å². The minimum atomic E-state index is -0.0888. The van der Waals surface area contributed by atoms with Crippen molar-refractivity contribution in [3.63, 3.8) is 0 Å². The predicted octanol–water partition coefficient (Wildman–Crippen LogP) is 3.49. The molecule has 108 valence electrons. The van der Waals surface area contributed by atoms with Gasteiger partial charge in [0.25, 0.3) is 5.91 Å². The number of halogens is 1. The molecule has 1 unspecified atom stereocenters. The highest BCUT2D eigenvalue weighted by molar-refractivity contribution is 9.10. The van der Waals surface area contributed by atoms with Gasteiger partial charge in [0, 0.05) is 11.0 Å². The Bertz CT molecular complexity index is 657. The van der Waals surface area contributed by atoms with Crippen LogP contribution in [0.3, 0.4) is 0 Å². The van der Waals surface area contributed by atoms with E-state index in [1.165, 1.54) is 11.1 Å². The molecule has 1 aliphatic heterocycles. The van der Waals surface area contributed by atoms with Gasteiger partial charge in [0.05, 0.1) is 12.2 Å². The standard InChI is InChI=1S/C17H16BrNO2/c18-15-8-4-3-7-14(15)17(20)19-11-16-13-6-2-1-5-12(13)9-10-21-16/h1-8,16H,9-11H2,(H,19,20). The highest BCUT2D eigenvalue weighted by atomic mass is 79.9. The highest BCUT2D eigenvalue weighted by Crippen LogP contribution is 2.26. The van der Waals surface area contributed by atoms with Gasteiger partial charge in [0.15, 0.2) is 0 Å². The van der Waals surface area contributed by atoms with Crippen molar-refractivity contribution >= 4 is 21.8 Å². The van der Waals surface area contributed by atoms with Crippen molar-refractivity contribution in [2.75, 3.05) is 13.2 Å². The summed E-state index contributed by atoms with van der Waals surface area (Å²) in [5, 5.41) is 2.96. The molecule has 1 heterocycles. The molecule has 3 nitrogen and oxygen atoms in total. The van der Waals surface area contributed by atoms with Gasteiger partial charge in [-0.05, 0) is 45.6 Å². The Morgan fingerprint density at radius 3 is 2.81 bits per heavy atom. The van der Waals surface area contributed by atoms with Gasteiger partial charge in [0.2, 0.25) is 0 Å². The second kappa shape index (κ2) is 6.41. The topological polar surface area (TPSA) is 38.3 Å². The Morgan fingerprint density at radius 1 is 1.19 bits per heavy atom. The van der Waals surface area contributed by atoms with Crippen LogP contribution in [0, 0.1) is 0 Å². The third kappa shape index (κ3) is 3.17. The summed E-state index contributed by atoms with van der Waals surface area (Å²) in [5.74, 6) is -0.0888. The van der Waals surface area contributed by atoms with Crippen molar-refractivity contribution in [1.29, 1.82) is 0 Å². The number of fused-ring (bicyclic) bond motifs is 1. The van der Waals surface area contributed by atoms with E-state index in [0.717, 1.165) is 10.9 Å². The van der Waals surface area contributed by atoms with Crippen LogP contribution in [0.5, 0.6) is 0 Å². The van der Waals surface area contributed by atoms with Gasteiger partial charge in [-0.2, -0.15) is 0 Å². The van der Waals surface area contributed by atoms with Crippen LogP contribution in [0.2, 0.25) is 0 Å². The molecular formula is C17H16BrNO2. The molecule has 0 radical (unpaired) electrons. The Hall–Kier alpha value is -1.65. The highest BCUT2D eigenvalue weighted by Gasteiger charge is 2.21. The molecule has 2 aromatic rings. The molecule has 1 aliphatic rings. The summed E-state index contributed by atoms with van der Waals surface area (Å²) in [5.41, 5.74) is 3.13. The van der Waals surface area contributed by atoms with Crippen LogP contribution in [-0.2, 0) is 11.2 Å². The largest absolute Gasteiger partial charge is 0.371 e. The zero-order valence-electron chi connectivity index (χ0n) is 11.5. The number of carbonyl (C=O) groups excluding carboxylic acids is 1. The molecule has 0 aromatic heterocycles. The SMILES string of the molecule is O=C(NCC1OCCc2ccccc21)c1ccccc1Br. The fraction of sp³-hybridized carbons (Fsp3) is 0.235. The summed E-state index contributed by atoms with van der Waals surface area (Å²) in [6.07, 6.45) is 0.867. The van der Waals surface area contributed by atoms with Crippen LogP contribution in [0.25, 0.3) is 0 Å². The molecule has 21 heavy (non-hydrogen) atoms. The molecule has 0 fully saturated rings. The van der Waals surface area contributed by atoms with E-state index in [2.05, 4.69) is 33.4 Å². The lowest BCUT2D eigenvalue weighted by Crippen LogP contribution is -2.32. The van der Waals surface area contributed by atoms with E-state index in [1.807, 2.05) is 30.3 Å². The first-order valence-electron chi connectivity index (χ1n) is 6.98. The second-order valence-electron chi connectivity index (χ2n) is 5.00. The van der Waals surface area contributed by atoms with E-state index in [1.54, 1.807) is 6.07 Å². The number of nitrogens with one attached hydrogen (secondary N) is 1. The minimum absolute atomic E-state index is 0.0682. The van der Waals surface area contributed by atoms with E-state index in [0.29, 0.717) is 18.7 Å². The zero-order chi connectivity index (χ0) is 14.7. The Kier molecular flexibility index (Phi) is 4.36. The number of rotatable bonds is 3. The van der Waals surface area contributed by atoms with E-state index in [-0.39, 0.29) is 12.0 Å². The van der Waals surface area contributed by atoms with E-state index in [4.69, 9.17) is 4.74 Å². The van der Waals surface area contributed by atoms with Gasteiger partial charge in [0.1, 0.15) is 6.10 Å². The Labute approximate surface area is 132 Å². The van der Waals surface area contributed by atoms with Crippen molar-refractivity contribution in [2.24, 2.45) is 0 Å². The molecule has 0 bridgehead atoms. The van der Waals surface area contributed by atoms with E-state index >= 15 is 0 Å². The van der Waals surface area contributed by atoms with E-state index in [9.17, 15) is 4.79 Å². The number of hydrogen-bond acceptors (Lipinski definition) is 2. The maximum Gasteiger partial charge on any atom is 0.252 e. The molecule has 1 amide bonds. The number of amides is 1. The van der Waals surface area contributed by atoms with Gasteiger partial charge < -0.3 is 10.1 Å². The van der Waals surface area contributed by atoms with E-state index < -0.39 is 0 Å². The van der Waals surface area contributed by atoms with Crippen LogP contribution < -0.4 is 5.32 Å². The molecule has 2 aromatic carbocycles. The Morgan fingerprint density at radius 2 is 1.95 bits per heavy atom. The fourth-order valence-electron chi connectivity index (χ4n) is 2.57. The molecule has 0 spiro atoms. The van der Waals surface area contributed by atoms with Gasteiger partial charge in [-0.3, -0.25) is 4.79 Å². The summed E-state index contributed by atoms with van der Waals surface area (Å²) in [7, 11) is 0. The first-order chi connectivity index (χ1) is 10.3. The lowest BCUT2D eigenvalue weighted by atomic mass is 9.97. The first-order valence-corrected chi connectivity index (χ1v) is 7.77. The smallest absolute Gasteiger partial charge is 0.252 e. The third-order valence-electron chi connectivity index (χ3n) is 3.66. The maximum atomic E-state index is 12.2. The van der Waals surface area contributed by atoms with Crippen LogP contribution in [-0.4, -0.2) is 19.1 Å². The molecule has 0 aliphatic carbocycles. The fourth-order valence-corrected chi connectivity index (χ4v) is 3.04. The molecule has 3 rings (SSSR count). The molecular weight excluding hydrogens is 330 g/mol. The average molecular weight is 346 g/mol. The van der Waals surface area contributed by atoms with Crippen LogP contribution >= 0.6 is 15.9 Å². The lowest BCUT2D eigenvalue weighted by Gasteiger charge is -2.26. The molecule has 1 N–H and O–H groups in total. The monoisotopic (exact) mass is 345 g/mol. The number of carbonyl (C=O) groups is 1. The quantitative estimate of drug-likeness (QED) is 0.924. The van der Waals surface area contributed by atoms with Crippen LogP contribution in [0.15, 0.2) is 53.0 Å². The third-order valence-corrected chi connectivity index (χ3v) is 4.35. The van der Waals surface area contributed by atoms with Gasteiger partial charge in [-0.1, -0.05) is 36.4 Å². The number of benzene rings is 2. The van der Waals surface area contributed by atoms with Gasteiger partial charge in [-0.25, -0.2) is 0 Å². The van der Waals surface area contributed by atoms with Gasteiger partial charge in [-0.15, -0.1) is 0 Å². The summed E-state index contributed by atoms with van der Waals surface area (Å²) in [4.78, 5) is 12.2. The zero-order valence-corrected chi connectivity index (χ0v) is 13.1. The Balaban J connectivity index is 1.69.